The summed E-state index contributed by atoms with van der Waals surface area (Å²) < 4.78 is 0. The lowest BCUT2D eigenvalue weighted by Gasteiger charge is -2.15. The van der Waals surface area contributed by atoms with Crippen molar-refractivity contribution in [2.45, 2.75) is 12.8 Å². The zero-order chi connectivity index (χ0) is 18.2. The Morgan fingerprint density at radius 3 is 2.12 bits per heavy atom. The van der Waals surface area contributed by atoms with E-state index in [0.717, 1.165) is 16.7 Å². The minimum Gasteiger partial charge on any atom is -0.122 e. The van der Waals surface area contributed by atoms with Gasteiger partial charge in [-0.1, -0.05) is 96.3 Å². The molecule has 3 aromatic rings. The van der Waals surface area contributed by atoms with Crippen LogP contribution in [0.5, 0.6) is 0 Å². The van der Waals surface area contributed by atoms with Crippen LogP contribution in [0.25, 0.3) is 6.08 Å². The molecule has 3 aromatic carbocycles. The van der Waals surface area contributed by atoms with Gasteiger partial charge in [0.1, 0.15) is 0 Å². The van der Waals surface area contributed by atoms with E-state index in [9.17, 15) is 0 Å². The van der Waals surface area contributed by atoms with Gasteiger partial charge in [0.15, 0.2) is 0 Å². The first-order chi connectivity index (χ1) is 12.8. The van der Waals surface area contributed by atoms with E-state index < -0.39 is 0 Å². The summed E-state index contributed by atoms with van der Waals surface area (Å²) in [4.78, 5) is 0. The zero-order valence-corrected chi connectivity index (χ0v) is 15.6. The first kappa shape index (κ1) is 18.1. The molecule has 1 unspecified atom stereocenters. The molecule has 0 radical (unpaired) electrons. The van der Waals surface area contributed by atoms with Crippen LogP contribution < -0.4 is 0 Å². The number of allylic oxidation sites excluding steroid dienone is 1. The van der Waals surface area contributed by atoms with E-state index in [2.05, 4.69) is 61.2 Å². The van der Waals surface area contributed by atoms with Crippen LogP contribution in [0, 0.1) is 18.8 Å². The molecule has 26 heavy (non-hydrogen) atoms. The van der Waals surface area contributed by atoms with Crippen LogP contribution in [-0.2, 0) is 0 Å². The van der Waals surface area contributed by atoms with E-state index >= 15 is 0 Å². The molecule has 0 aromatic heterocycles. The molecular weight excluding hydrogens is 336 g/mol. The summed E-state index contributed by atoms with van der Waals surface area (Å²) in [5.74, 6) is 7.16. The molecular formula is C25H21Cl. The summed E-state index contributed by atoms with van der Waals surface area (Å²) >= 11 is 6.34. The van der Waals surface area contributed by atoms with E-state index in [-0.39, 0.29) is 5.92 Å². The van der Waals surface area contributed by atoms with Crippen molar-refractivity contribution < 1.29 is 0 Å². The molecule has 0 nitrogen and oxygen atoms in total. The molecule has 128 valence electrons. The summed E-state index contributed by atoms with van der Waals surface area (Å²) in [5, 5.41) is 0. The maximum atomic E-state index is 6.34. The lowest BCUT2D eigenvalue weighted by atomic mass is 9.90. The Morgan fingerprint density at radius 2 is 1.50 bits per heavy atom. The van der Waals surface area contributed by atoms with Gasteiger partial charge in [0.25, 0.3) is 0 Å². The predicted molar refractivity (Wildman–Crippen MR) is 112 cm³/mol. The molecule has 0 spiro atoms. The topological polar surface area (TPSA) is 0 Å². The number of hydrogen-bond acceptors (Lipinski definition) is 0. The molecule has 1 heteroatoms. The second kappa shape index (κ2) is 9.09. The van der Waals surface area contributed by atoms with Crippen molar-refractivity contribution in [2.75, 3.05) is 5.88 Å². The largest absolute Gasteiger partial charge is 0.122 e. The molecule has 0 fully saturated rings. The summed E-state index contributed by atoms with van der Waals surface area (Å²) in [5.41, 5.74) is 5.66. The molecule has 1 atom stereocenters. The van der Waals surface area contributed by atoms with Gasteiger partial charge in [0.2, 0.25) is 0 Å². The SMILES string of the molecule is Cc1ccc(C(C#Cc2ccccc2)/C(=C/c2ccccc2)CCl)cc1. The van der Waals surface area contributed by atoms with Gasteiger partial charge >= 0.3 is 0 Å². The highest BCUT2D eigenvalue weighted by Gasteiger charge is 2.14. The second-order valence-electron chi connectivity index (χ2n) is 6.24. The first-order valence-electron chi connectivity index (χ1n) is 8.71. The lowest BCUT2D eigenvalue weighted by molar-refractivity contribution is 1.04. The Balaban J connectivity index is 2.03. The lowest BCUT2D eigenvalue weighted by Crippen LogP contribution is -2.02. The van der Waals surface area contributed by atoms with E-state index in [1.807, 2.05) is 48.5 Å². The van der Waals surface area contributed by atoms with Gasteiger partial charge in [-0.3, -0.25) is 0 Å². The van der Waals surface area contributed by atoms with Gasteiger partial charge in [0.05, 0.1) is 5.92 Å². The highest BCUT2D eigenvalue weighted by molar-refractivity contribution is 6.20. The van der Waals surface area contributed by atoms with Crippen molar-refractivity contribution >= 4 is 17.7 Å². The summed E-state index contributed by atoms with van der Waals surface area (Å²) in [6, 6.07) is 28.9. The maximum Gasteiger partial charge on any atom is 0.0680 e. The van der Waals surface area contributed by atoms with Gasteiger partial charge in [-0.15, -0.1) is 11.6 Å². The summed E-state index contributed by atoms with van der Waals surface area (Å²) in [6.45, 7) is 2.09. The van der Waals surface area contributed by atoms with E-state index in [1.54, 1.807) is 0 Å². The minimum atomic E-state index is -0.0338. The van der Waals surface area contributed by atoms with E-state index in [4.69, 9.17) is 11.6 Å². The van der Waals surface area contributed by atoms with Gasteiger partial charge in [0, 0.05) is 11.4 Å². The standard InChI is InChI=1S/C25H21Cl/c1-20-12-15-23(16-13-20)25(17-14-21-8-4-2-5-9-21)24(19-26)18-22-10-6-3-7-11-22/h2-13,15-16,18,25H,19H2,1H3/b24-18+. The molecule has 0 heterocycles. The number of halogens is 1. The van der Waals surface area contributed by atoms with Gasteiger partial charge in [-0.05, 0) is 35.8 Å². The number of benzene rings is 3. The normalized spacial score (nSPS) is 12.2. The zero-order valence-electron chi connectivity index (χ0n) is 14.8. The van der Waals surface area contributed by atoms with Gasteiger partial charge in [-0.25, -0.2) is 0 Å². The molecule has 0 amide bonds. The highest BCUT2D eigenvalue weighted by atomic mass is 35.5. The molecule has 0 aliphatic rings. The van der Waals surface area contributed by atoms with E-state index in [0.29, 0.717) is 5.88 Å². The van der Waals surface area contributed by atoms with Gasteiger partial charge < -0.3 is 0 Å². The van der Waals surface area contributed by atoms with Crippen molar-refractivity contribution in [1.29, 1.82) is 0 Å². The maximum absolute atomic E-state index is 6.34. The van der Waals surface area contributed by atoms with Crippen LogP contribution in [0.1, 0.15) is 28.2 Å². The Bertz CT molecular complexity index is 911. The Morgan fingerprint density at radius 1 is 0.885 bits per heavy atom. The Hall–Kier alpha value is -2.75. The average Bonchev–Trinajstić information content (AvgIpc) is 2.70. The van der Waals surface area contributed by atoms with Crippen LogP contribution in [0.4, 0.5) is 0 Å². The van der Waals surface area contributed by atoms with Crippen molar-refractivity contribution in [3.05, 3.63) is 113 Å². The highest BCUT2D eigenvalue weighted by Crippen LogP contribution is 2.27. The number of aryl methyl sites for hydroxylation is 1. The monoisotopic (exact) mass is 356 g/mol. The number of hydrogen-bond donors (Lipinski definition) is 0. The fourth-order valence-corrected chi connectivity index (χ4v) is 3.02. The Labute approximate surface area is 161 Å². The van der Waals surface area contributed by atoms with Crippen LogP contribution >= 0.6 is 11.6 Å². The third-order valence-corrected chi connectivity index (χ3v) is 4.53. The number of alkyl halides is 1. The van der Waals surface area contributed by atoms with Crippen molar-refractivity contribution in [2.24, 2.45) is 0 Å². The van der Waals surface area contributed by atoms with Crippen LogP contribution in [-0.4, -0.2) is 5.88 Å². The third kappa shape index (κ3) is 4.88. The van der Waals surface area contributed by atoms with Crippen molar-refractivity contribution in [3.8, 4) is 11.8 Å². The molecule has 0 N–H and O–H groups in total. The fraction of sp³-hybridized carbons (Fsp3) is 0.120. The summed E-state index contributed by atoms with van der Waals surface area (Å²) in [6.07, 6.45) is 2.15. The molecule has 0 aliphatic carbocycles. The molecule has 0 bridgehead atoms. The average molecular weight is 357 g/mol. The molecule has 0 aliphatic heterocycles. The fourth-order valence-electron chi connectivity index (χ4n) is 2.79. The first-order valence-corrected chi connectivity index (χ1v) is 9.24. The molecule has 3 rings (SSSR count). The van der Waals surface area contributed by atoms with Crippen LogP contribution in [0.15, 0.2) is 90.5 Å². The number of rotatable bonds is 4. The van der Waals surface area contributed by atoms with E-state index in [1.165, 1.54) is 11.1 Å². The van der Waals surface area contributed by atoms with Gasteiger partial charge in [-0.2, -0.15) is 0 Å². The van der Waals surface area contributed by atoms with Crippen molar-refractivity contribution in [3.63, 3.8) is 0 Å². The third-order valence-electron chi connectivity index (χ3n) is 4.22. The second-order valence-corrected chi connectivity index (χ2v) is 6.51. The minimum absolute atomic E-state index is 0.0338. The predicted octanol–water partition coefficient (Wildman–Crippen LogP) is 6.45. The van der Waals surface area contributed by atoms with Crippen LogP contribution in [0.2, 0.25) is 0 Å². The molecule has 0 saturated carbocycles. The van der Waals surface area contributed by atoms with Crippen LogP contribution in [0.3, 0.4) is 0 Å². The quantitative estimate of drug-likeness (QED) is 0.372. The Kier molecular flexibility index (Phi) is 6.31. The summed E-state index contributed by atoms with van der Waals surface area (Å²) in [7, 11) is 0. The van der Waals surface area contributed by atoms with Crippen molar-refractivity contribution in [1.82, 2.24) is 0 Å². The molecule has 0 saturated heterocycles. The smallest absolute Gasteiger partial charge is 0.0680 e.